The summed E-state index contributed by atoms with van der Waals surface area (Å²) in [6.45, 7) is 5.88. The Balaban J connectivity index is 1.82. The van der Waals surface area contributed by atoms with Crippen molar-refractivity contribution in [2.45, 2.75) is 50.9 Å². The van der Waals surface area contributed by atoms with E-state index in [9.17, 15) is 9.90 Å². The molecular weight excluding hydrogens is 382 g/mol. The van der Waals surface area contributed by atoms with Crippen molar-refractivity contribution in [1.82, 2.24) is 4.90 Å². The molecule has 0 aliphatic carbocycles. The molecule has 4 N–H and O–H groups in total. The van der Waals surface area contributed by atoms with Crippen LogP contribution in [0.3, 0.4) is 0 Å². The number of cyclic esters (lactones) is 1. The predicted molar refractivity (Wildman–Crippen MR) is 114 cm³/mol. The highest BCUT2D eigenvalue weighted by molar-refractivity contribution is 5.97. The van der Waals surface area contributed by atoms with Gasteiger partial charge in [-0.1, -0.05) is 59.8 Å². The van der Waals surface area contributed by atoms with Crippen LogP contribution < -0.4 is 5.73 Å². The molecule has 2 aromatic rings. The Hall–Kier alpha value is -3.06. The molecule has 1 amide bonds. The minimum atomic E-state index is -0.992. The molecule has 2 aromatic carbocycles. The van der Waals surface area contributed by atoms with Gasteiger partial charge in [0.05, 0.1) is 11.6 Å². The zero-order valence-corrected chi connectivity index (χ0v) is 17.6. The van der Waals surface area contributed by atoms with Gasteiger partial charge in [-0.05, 0) is 31.9 Å². The number of rotatable bonds is 6. The standard InChI is InChI=1S/C23H29N3O4/c1-16(17-9-11-18(12-10-17)20(24)25-29)26-14-13-23(30-21(26)27,15-22(2,3)28)19-7-5-4-6-8-19/h4-12,16,28-29H,13-15H2,1-3H3,(H2,24,25). The molecule has 2 atom stereocenters. The summed E-state index contributed by atoms with van der Waals surface area (Å²) in [4.78, 5) is 14.7. The number of oxime groups is 1. The van der Waals surface area contributed by atoms with Crippen molar-refractivity contribution in [3.8, 4) is 0 Å². The Morgan fingerprint density at radius 1 is 1.23 bits per heavy atom. The van der Waals surface area contributed by atoms with Crippen LogP contribution >= 0.6 is 0 Å². The Morgan fingerprint density at radius 2 is 1.87 bits per heavy atom. The summed E-state index contributed by atoms with van der Waals surface area (Å²) in [5.74, 6) is 0.0332. The van der Waals surface area contributed by atoms with Crippen LogP contribution in [0.25, 0.3) is 0 Å². The molecule has 30 heavy (non-hydrogen) atoms. The maximum absolute atomic E-state index is 13.1. The molecule has 0 spiro atoms. The predicted octanol–water partition coefficient (Wildman–Crippen LogP) is 3.74. The van der Waals surface area contributed by atoms with Crippen molar-refractivity contribution in [1.29, 1.82) is 0 Å². The topological polar surface area (TPSA) is 108 Å². The van der Waals surface area contributed by atoms with Gasteiger partial charge in [0.2, 0.25) is 0 Å². The van der Waals surface area contributed by atoms with Gasteiger partial charge in [0.1, 0.15) is 5.60 Å². The Morgan fingerprint density at radius 3 is 2.40 bits per heavy atom. The summed E-state index contributed by atoms with van der Waals surface area (Å²) in [5.41, 5.74) is 6.15. The molecule has 2 unspecified atom stereocenters. The third-order valence-electron chi connectivity index (χ3n) is 5.56. The number of ether oxygens (including phenoxy) is 1. The van der Waals surface area contributed by atoms with E-state index >= 15 is 0 Å². The number of aliphatic hydroxyl groups is 1. The number of benzene rings is 2. The highest BCUT2D eigenvalue weighted by Gasteiger charge is 2.46. The summed E-state index contributed by atoms with van der Waals surface area (Å²) in [6.07, 6.45) is 0.466. The molecule has 160 valence electrons. The minimum Gasteiger partial charge on any atom is -0.438 e. The van der Waals surface area contributed by atoms with E-state index in [2.05, 4.69) is 5.16 Å². The van der Waals surface area contributed by atoms with E-state index in [1.807, 2.05) is 49.4 Å². The maximum Gasteiger partial charge on any atom is 0.411 e. The van der Waals surface area contributed by atoms with Crippen LogP contribution in [0.1, 0.15) is 56.3 Å². The molecule has 7 heteroatoms. The van der Waals surface area contributed by atoms with Gasteiger partial charge in [0, 0.05) is 24.9 Å². The lowest BCUT2D eigenvalue weighted by molar-refractivity contribution is -0.101. The second-order valence-electron chi connectivity index (χ2n) is 8.44. The maximum atomic E-state index is 13.1. The van der Waals surface area contributed by atoms with Crippen LogP contribution in [0.4, 0.5) is 4.79 Å². The lowest BCUT2D eigenvalue weighted by Gasteiger charge is -2.45. The molecule has 7 nitrogen and oxygen atoms in total. The van der Waals surface area contributed by atoms with E-state index < -0.39 is 17.3 Å². The molecule has 0 aromatic heterocycles. The second-order valence-corrected chi connectivity index (χ2v) is 8.44. The fourth-order valence-electron chi connectivity index (χ4n) is 4.06. The largest absolute Gasteiger partial charge is 0.438 e. The van der Waals surface area contributed by atoms with E-state index in [0.29, 0.717) is 24.9 Å². The van der Waals surface area contributed by atoms with E-state index in [0.717, 1.165) is 11.1 Å². The lowest BCUT2D eigenvalue weighted by Crippen LogP contribution is -2.51. The van der Waals surface area contributed by atoms with Crippen LogP contribution in [-0.2, 0) is 10.3 Å². The lowest BCUT2D eigenvalue weighted by atomic mass is 9.80. The molecule has 1 saturated heterocycles. The number of carbonyl (C=O) groups excluding carboxylic acids is 1. The van der Waals surface area contributed by atoms with E-state index in [4.69, 9.17) is 15.7 Å². The molecule has 0 radical (unpaired) electrons. The summed E-state index contributed by atoms with van der Waals surface area (Å²) >= 11 is 0. The molecule has 0 bridgehead atoms. The number of hydrogen-bond acceptors (Lipinski definition) is 5. The zero-order chi connectivity index (χ0) is 21.9. The molecular formula is C23H29N3O4. The van der Waals surface area contributed by atoms with Crippen LogP contribution in [0, 0.1) is 0 Å². The highest BCUT2D eigenvalue weighted by atomic mass is 16.6. The first-order valence-corrected chi connectivity index (χ1v) is 10.0. The van der Waals surface area contributed by atoms with Crippen LogP contribution in [0.2, 0.25) is 0 Å². The van der Waals surface area contributed by atoms with Gasteiger partial charge in [-0.25, -0.2) is 4.79 Å². The Kier molecular flexibility index (Phi) is 6.03. The minimum absolute atomic E-state index is 0.0332. The van der Waals surface area contributed by atoms with Gasteiger partial charge in [0.25, 0.3) is 0 Å². The third-order valence-corrected chi connectivity index (χ3v) is 5.56. The van der Waals surface area contributed by atoms with Crippen molar-refractivity contribution in [2.24, 2.45) is 10.9 Å². The fourth-order valence-corrected chi connectivity index (χ4v) is 4.06. The first-order chi connectivity index (χ1) is 14.1. The molecule has 1 fully saturated rings. The monoisotopic (exact) mass is 411 g/mol. The van der Waals surface area contributed by atoms with Gasteiger partial charge in [-0.3, -0.25) is 0 Å². The van der Waals surface area contributed by atoms with Crippen molar-refractivity contribution in [3.63, 3.8) is 0 Å². The first-order valence-electron chi connectivity index (χ1n) is 10.0. The highest BCUT2D eigenvalue weighted by Crippen LogP contribution is 2.42. The van der Waals surface area contributed by atoms with Crippen LogP contribution in [0.15, 0.2) is 59.8 Å². The smallest absolute Gasteiger partial charge is 0.411 e. The number of nitrogens with two attached hydrogens (primary N) is 1. The molecule has 1 aliphatic rings. The molecule has 1 aliphatic heterocycles. The van der Waals surface area contributed by atoms with E-state index in [-0.39, 0.29) is 11.9 Å². The zero-order valence-electron chi connectivity index (χ0n) is 17.6. The number of hydrogen-bond donors (Lipinski definition) is 3. The van der Waals surface area contributed by atoms with Crippen molar-refractivity contribution < 1.29 is 19.8 Å². The average molecular weight is 412 g/mol. The molecule has 3 rings (SSSR count). The quantitative estimate of drug-likeness (QED) is 0.290. The molecule has 1 heterocycles. The van der Waals surface area contributed by atoms with Gasteiger partial charge in [-0.15, -0.1) is 0 Å². The van der Waals surface area contributed by atoms with Gasteiger partial charge >= 0.3 is 6.09 Å². The average Bonchev–Trinajstić information content (AvgIpc) is 2.72. The fraction of sp³-hybridized carbons (Fsp3) is 0.391. The summed E-state index contributed by atoms with van der Waals surface area (Å²) in [5, 5.41) is 22.3. The van der Waals surface area contributed by atoms with Crippen molar-refractivity contribution >= 4 is 11.9 Å². The molecule has 0 saturated carbocycles. The van der Waals surface area contributed by atoms with Gasteiger partial charge in [0.15, 0.2) is 5.84 Å². The van der Waals surface area contributed by atoms with Gasteiger partial charge in [-0.2, -0.15) is 0 Å². The van der Waals surface area contributed by atoms with Gasteiger partial charge < -0.3 is 25.7 Å². The first kappa shape index (κ1) is 21.6. The van der Waals surface area contributed by atoms with Crippen molar-refractivity contribution in [3.05, 3.63) is 71.3 Å². The number of carbonyl (C=O) groups is 1. The Bertz CT molecular complexity index is 906. The van der Waals surface area contributed by atoms with E-state index in [1.165, 1.54) is 0 Å². The SMILES string of the molecule is CC(c1ccc(C(N)=NO)cc1)N1CCC(CC(C)(C)O)(c2ccccc2)OC1=O. The van der Waals surface area contributed by atoms with Crippen LogP contribution in [0.5, 0.6) is 0 Å². The summed E-state index contributed by atoms with van der Waals surface area (Å²) in [7, 11) is 0. The summed E-state index contributed by atoms with van der Waals surface area (Å²) in [6, 6.07) is 16.6. The summed E-state index contributed by atoms with van der Waals surface area (Å²) < 4.78 is 6.03. The van der Waals surface area contributed by atoms with Crippen LogP contribution in [-0.4, -0.2) is 39.3 Å². The Labute approximate surface area is 176 Å². The third kappa shape index (κ3) is 4.57. The number of amidine groups is 1. The van der Waals surface area contributed by atoms with Crippen molar-refractivity contribution in [2.75, 3.05) is 6.54 Å². The second kappa shape index (κ2) is 8.36. The van der Waals surface area contributed by atoms with E-state index in [1.54, 1.807) is 30.9 Å². The number of nitrogens with zero attached hydrogens (tertiary/aromatic N) is 2. The number of amides is 1. The normalized spacial score (nSPS) is 21.3.